The van der Waals surface area contributed by atoms with E-state index in [2.05, 4.69) is 17.0 Å². The second kappa shape index (κ2) is 9.93. The first-order chi connectivity index (χ1) is 14.0. The van der Waals surface area contributed by atoms with E-state index in [-0.39, 0.29) is 18.2 Å². The molecule has 3 N–H and O–H groups in total. The monoisotopic (exact) mass is 405 g/mol. The molecule has 1 aromatic carbocycles. The van der Waals surface area contributed by atoms with Crippen LogP contribution >= 0.6 is 0 Å². The molecule has 3 unspecified atom stereocenters. The molecule has 0 bridgehead atoms. The maximum absolute atomic E-state index is 12.3. The van der Waals surface area contributed by atoms with Crippen LogP contribution in [0.3, 0.4) is 0 Å². The molecule has 8 heteroatoms. The Labute approximate surface area is 171 Å². The smallest absolute Gasteiger partial charge is 0.410 e. The maximum atomic E-state index is 12.3. The van der Waals surface area contributed by atoms with Crippen LogP contribution in [0, 0.1) is 5.92 Å². The number of methoxy groups -OCH3 is 1. The number of nitrogens with zero attached hydrogens (tertiary/aromatic N) is 1. The summed E-state index contributed by atoms with van der Waals surface area (Å²) in [5.74, 6) is 0.755. The molecule has 1 amide bonds. The van der Waals surface area contributed by atoms with Crippen LogP contribution in [0.15, 0.2) is 24.3 Å². The summed E-state index contributed by atoms with van der Waals surface area (Å²) in [6.45, 7) is 4.98. The Hall–Kier alpha value is -2.32. The fraction of sp³-hybridized carbons (Fsp3) is 0.619. The highest BCUT2D eigenvalue weighted by Crippen LogP contribution is 2.25. The highest BCUT2D eigenvalue weighted by atomic mass is 16.6. The van der Waals surface area contributed by atoms with E-state index in [1.807, 2.05) is 29.2 Å². The van der Waals surface area contributed by atoms with E-state index in [4.69, 9.17) is 15.2 Å². The van der Waals surface area contributed by atoms with Gasteiger partial charge in [-0.25, -0.2) is 4.79 Å². The molecule has 29 heavy (non-hydrogen) atoms. The van der Waals surface area contributed by atoms with Crippen LogP contribution in [-0.2, 0) is 20.7 Å². The summed E-state index contributed by atoms with van der Waals surface area (Å²) in [4.78, 5) is 25.5. The third kappa shape index (κ3) is 5.61. The van der Waals surface area contributed by atoms with Gasteiger partial charge in [0.15, 0.2) is 6.10 Å². The van der Waals surface area contributed by atoms with Gasteiger partial charge in [-0.2, -0.15) is 0 Å². The Bertz CT molecular complexity index is 690. The molecule has 160 valence electrons. The number of cyclic esters (lactones) is 1. The normalized spacial score (nSPS) is 22.1. The van der Waals surface area contributed by atoms with Crippen molar-refractivity contribution in [1.29, 1.82) is 0 Å². The van der Waals surface area contributed by atoms with E-state index in [1.54, 1.807) is 0 Å². The first kappa shape index (κ1) is 21.4. The summed E-state index contributed by atoms with van der Waals surface area (Å²) >= 11 is 0. The third-order valence-electron chi connectivity index (χ3n) is 5.78. The number of nitrogens with one attached hydrogen (secondary N) is 1. The van der Waals surface area contributed by atoms with Crippen molar-refractivity contribution in [3.8, 4) is 5.75 Å². The summed E-state index contributed by atoms with van der Waals surface area (Å²) in [7, 11) is 1.32. The molecular weight excluding hydrogens is 374 g/mol. The molecule has 3 atom stereocenters. The van der Waals surface area contributed by atoms with E-state index in [1.165, 1.54) is 7.11 Å². The molecule has 8 nitrogen and oxygen atoms in total. The van der Waals surface area contributed by atoms with Crippen molar-refractivity contribution in [3.63, 3.8) is 0 Å². The summed E-state index contributed by atoms with van der Waals surface area (Å²) < 4.78 is 15.9. The number of benzene rings is 1. The third-order valence-corrected chi connectivity index (χ3v) is 5.78. The van der Waals surface area contributed by atoms with Crippen molar-refractivity contribution in [3.05, 3.63) is 29.8 Å². The molecule has 0 radical (unpaired) electrons. The minimum absolute atomic E-state index is 0.174. The Kier molecular flexibility index (Phi) is 7.33. The van der Waals surface area contributed by atoms with Gasteiger partial charge in [0.1, 0.15) is 18.4 Å². The fourth-order valence-electron chi connectivity index (χ4n) is 3.94. The van der Waals surface area contributed by atoms with Crippen LogP contribution in [0.25, 0.3) is 0 Å². The van der Waals surface area contributed by atoms with Gasteiger partial charge < -0.3 is 30.2 Å². The zero-order valence-electron chi connectivity index (χ0n) is 17.1. The number of piperidine rings is 1. The van der Waals surface area contributed by atoms with Crippen molar-refractivity contribution in [2.24, 2.45) is 11.7 Å². The van der Waals surface area contributed by atoms with Crippen LogP contribution in [0.1, 0.15) is 25.3 Å². The predicted octanol–water partition coefficient (Wildman–Crippen LogP) is 1.32. The van der Waals surface area contributed by atoms with E-state index < -0.39 is 12.0 Å². The second-order valence-corrected chi connectivity index (χ2v) is 7.77. The Morgan fingerprint density at radius 1 is 1.31 bits per heavy atom. The van der Waals surface area contributed by atoms with Crippen LogP contribution < -0.4 is 15.8 Å². The van der Waals surface area contributed by atoms with Crippen molar-refractivity contribution < 1.29 is 23.8 Å². The first-order valence-corrected chi connectivity index (χ1v) is 10.2. The van der Waals surface area contributed by atoms with Gasteiger partial charge >= 0.3 is 12.1 Å². The largest absolute Gasteiger partial charge is 0.490 e. The summed E-state index contributed by atoms with van der Waals surface area (Å²) in [5.41, 5.74) is 6.70. The maximum Gasteiger partial charge on any atom is 0.410 e. The second-order valence-electron chi connectivity index (χ2n) is 7.77. The molecule has 0 saturated carbocycles. The zero-order valence-corrected chi connectivity index (χ0v) is 17.1. The predicted molar refractivity (Wildman–Crippen MR) is 108 cm³/mol. The standard InChI is InChI=1S/C21H31N3O5/c1-14(16-7-9-23-10-8-16)24-12-18(29-21(24)26)13-28-17-5-3-15(4-6-17)11-19(22)20(25)27-2/h3-6,14,16,18-19,23H,7-13,22H2,1-2H3. The van der Waals surface area contributed by atoms with Gasteiger partial charge in [-0.15, -0.1) is 0 Å². The van der Waals surface area contributed by atoms with Crippen LogP contribution in [-0.4, -0.2) is 68.5 Å². The van der Waals surface area contributed by atoms with E-state index >= 15 is 0 Å². The number of nitrogens with two attached hydrogens (primary N) is 1. The minimum atomic E-state index is -0.683. The summed E-state index contributed by atoms with van der Waals surface area (Å²) in [6, 6.07) is 6.87. The van der Waals surface area contributed by atoms with Gasteiger partial charge in [0.25, 0.3) is 0 Å². The molecule has 2 saturated heterocycles. The average molecular weight is 405 g/mol. The van der Waals surface area contributed by atoms with Gasteiger partial charge in [-0.3, -0.25) is 4.79 Å². The number of rotatable bonds is 8. The quantitative estimate of drug-likeness (QED) is 0.629. The van der Waals surface area contributed by atoms with Gasteiger partial charge in [0.2, 0.25) is 0 Å². The average Bonchev–Trinajstić information content (AvgIpc) is 3.13. The van der Waals surface area contributed by atoms with Crippen molar-refractivity contribution in [2.45, 2.75) is 44.4 Å². The van der Waals surface area contributed by atoms with Gasteiger partial charge in [-0.05, 0) is 62.9 Å². The number of carbonyl (C=O) groups excluding carboxylic acids is 2. The molecule has 0 spiro atoms. The number of esters is 1. The molecule has 0 aromatic heterocycles. The van der Waals surface area contributed by atoms with E-state index in [9.17, 15) is 9.59 Å². The Morgan fingerprint density at radius 3 is 2.66 bits per heavy atom. The lowest BCUT2D eigenvalue weighted by Gasteiger charge is -2.33. The fourth-order valence-corrected chi connectivity index (χ4v) is 3.94. The van der Waals surface area contributed by atoms with E-state index in [0.29, 0.717) is 31.2 Å². The number of amides is 1. The number of ether oxygens (including phenoxy) is 3. The lowest BCUT2D eigenvalue weighted by atomic mass is 9.90. The van der Waals surface area contributed by atoms with Crippen molar-refractivity contribution >= 4 is 12.1 Å². The Morgan fingerprint density at radius 2 is 2.00 bits per heavy atom. The molecule has 2 heterocycles. The summed E-state index contributed by atoms with van der Waals surface area (Å²) in [5, 5.41) is 3.36. The number of hydrogen-bond acceptors (Lipinski definition) is 7. The minimum Gasteiger partial charge on any atom is -0.490 e. The molecule has 2 aliphatic rings. The SMILES string of the molecule is COC(=O)C(N)Cc1ccc(OCC2CN(C(C)C3CCNCC3)C(=O)O2)cc1. The molecule has 0 aliphatic carbocycles. The Balaban J connectivity index is 1.46. The molecule has 1 aromatic rings. The summed E-state index contributed by atoms with van der Waals surface area (Å²) in [6.07, 6.45) is 2.03. The highest BCUT2D eigenvalue weighted by molar-refractivity contribution is 5.75. The van der Waals surface area contributed by atoms with Crippen LogP contribution in [0.4, 0.5) is 4.79 Å². The lowest BCUT2D eigenvalue weighted by Crippen LogP contribution is -2.43. The van der Waals surface area contributed by atoms with Crippen molar-refractivity contribution in [1.82, 2.24) is 10.2 Å². The van der Waals surface area contributed by atoms with Gasteiger partial charge in [0, 0.05) is 6.04 Å². The molecule has 2 fully saturated rings. The lowest BCUT2D eigenvalue weighted by molar-refractivity contribution is -0.142. The number of carbonyl (C=O) groups is 2. The van der Waals surface area contributed by atoms with Gasteiger partial charge in [0.05, 0.1) is 13.7 Å². The molecule has 3 rings (SSSR count). The van der Waals surface area contributed by atoms with Crippen LogP contribution in [0.2, 0.25) is 0 Å². The molecular formula is C21H31N3O5. The highest BCUT2D eigenvalue weighted by Gasteiger charge is 2.37. The van der Waals surface area contributed by atoms with E-state index in [0.717, 1.165) is 31.5 Å². The van der Waals surface area contributed by atoms with Crippen LogP contribution in [0.5, 0.6) is 5.75 Å². The van der Waals surface area contributed by atoms with Gasteiger partial charge in [-0.1, -0.05) is 12.1 Å². The molecule has 2 aliphatic heterocycles. The number of hydrogen-bond donors (Lipinski definition) is 2. The first-order valence-electron chi connectivity index (χ1n) is 10.2. The van der Waals surface area contributed by atoms with Crippen molar-refractivity contribution in [2.75, 3.05) is 33.4 Å². The topological polar surface area (TPSA) is 103 Å². The zero-order chi connectivity index (χ0) is 20.8.